The minimum atomic E-state index is -3.43. The number of pyridine rings is 2. The molecular weight excluding hydrogens is 550 g/mol. The lowest BCUT2D eigenvalue weighted by Crippen LogP contribution is -2.36. The SMILES string of the molecule is O=C(N[C@H](c1cc(NS(=O)(=O)C2CC2)ccn1)C1CCOCC1)c1nnc(-c2cnn3ccc(Cl)cc23)s1. The van der Waals surface area contributed by atoms with Crippen molar-refractivity contribution in [2.24, 2.45) is 5.92 Å². The van der Waals surface area contributed by atoms with Crippen LogP contribution in [0.2, 0.25) is 5.02 Å². The molecule has 2 N–H and O–H groups in total. The first-order valence-corrected chi connectivity index (χ1v) is 14.9. The Morgan fingerprint density at radius 2 is 1.97 bits per heavy atom. The van der Waals surface area contributed by atoms with Gasteiger partial charge in [-0.2, -0.15) is 5.10 Å². The van der Waals surface area contributed by atoms with Gasteiger partial charge in [0.1, 0.15) is 0 Å². The number of ether oxygens (including phenoxy) is 1. The van der Waals surface area contributed by atoms with Gasteiger partial charge in [-0.1, -0.05) is 22.9 Å². The maximum atomic E-state index is 13.4. The number of nitrogens with zero attached hydrogens (tertiary/aromatic N) is 5. The molecular formula is C24H24ClN7O4S2. The summed E-state index contributed by atoms with van der Waals surface area (Å²) in [6, 6.07) is 6.36. The van der Waals surface area contributed by atoms with Crippen molar-refractivity contribution < 1.29 is 17.9 Å². The quantitative estimate of drug-likeness (QED) is 0.325. The average Bonchev–Trinajstić information content (AvgIpc) is 3.54. The van der Waals surface area contributed by atoms with Crippen LogP contribution in [-0.2, 0) is 14.8 Å². The van der Waals surface area contributed by atoms with Gasteiger partial charge in [-0.25, -0.2) is 12.9 Å². The van der Waals surface area contributed by atoms with Crippen LogP contribution in [0.25, 0.3) is 16.1 Å². The number of amides is 1. The number of anilines is 1. The molecule has 1 aliphatic carbocycles. The fourth-order valence-electron chi connectivity index (χ4n) is 4.54. The van der Waals surface area contributed by atoms with Crippen LogP contribution < -0.4 is 10.0 Å². The van der Waals surface area contributed by atoms with Gasteiger partial charge in [0, 0.05) is 30.6 Å². The van der Waals surface area contributed by atoms with Crippen LogP contribution in [0.1, 0.15) is 47.2 Å². The number of sulfonamides is 1. The Bertz CT molecular complexity index is 1600. The average molecular weight is 574 g/mol. The molecule has 0 spiro atoms. The Balaban J connectivity index is 1.26. The Labute approximate surface area is 227 Å². The fraction of sp³-hybridized carbons (Fsp3) is 0.375. The highest BCUT2D eigenvalue weighted by Crippen LogP contribution is 2.34. The number of rotatable bonds is 8. The molecule has 0 unspecified atom stereocenters. The second-order valence-corrected chi connectivity index (χ2v) is 12.7. The zero-order valence-electron chi connectivity index (χ0n) is 20.1. The third-order valence-electron chi connectivity index (χ3n) is 6.68. The number of fused-ring (bicyclic) bond motifs is 1. The van der Waals surface area contributed by atoms with Gasteiger partial charge in [-0.3, -0.25) is 14.5 Å². The van der Waals surface area contributed by atoms with Crippen molar-refractivity contribution in [3.63, 3.8) is 0 Å². The first-order valence-electron chi connectivity index (χ1n) is 12.2. The van der Waals surface area contributed by atoms with Crippen molar-refractivity contribution in [2.75, 3.05) is 17.9 Å². The van der Waals surface area contributed by atoms with E-state index < -0.39 is 16.1 Å². The lowest BCUT2D eigenvalue weighted by Gasteiger charge is -2.30. The Morgan fingerprint density at radius 3 is 2.76 bits per heavy atom. The number of carbonyl (C=O) groups excluding carboxylic acids is 1. The summed E-state index contributed by atoms with van der Waals surface area (Å²) >= 11 is 7.31. The van der Waals surface area contributed by atoms with Crippen LogP contribution in [0.4, 0.5) is 5.69 Å². The number of hydrogen-bond acceptors (Lipinski definition) is 9. The van der Waals surface area contributed by atoms with Gasteiger partial charge in [0.2, 0.25) is 15.0 Å². The van der Waals surface area contributed by atoms with E-state index >= 15 is 0 Å². The molecule has 0 radical (unpaired) electrons. The van der Waals surface area contributed by atoms with Gasteiger partial charge in [-0.05, 0) is 55.9 Å². The third-order valence-corrected chi connectivity index (χ3v) is 9.74. The highest BCUT2D eigenvalue weighted by Gasteiger charge is 2.36. The summed E-state index contributed by atoms with van der Waals surface area (Å²) in [5.41, 5.74) is 2.49. The Hall–Kier alpha value is -3.13. The smallest absolute Gasteiger partial charge is 0.282 e. The lowest BCUT2D eigenvalue weighted by molar-refractivity contribution is 0.0508. The zero-order chi connectivity index (χ0) is 26.3. The van der Waals surface area contributed by atoms with E-state index in [2.05, 4.69) is 30.3 Å². The number of hydrogen-bond donors (Lipinski definition) is 2. The van der Waals surface area contributed by atoms with Crippen LogP contribution in [-0.4, -0.2) is 57.6 Å². The molecule has 1 amide bonds. The van der Waals surface area contributed by atoms with Crippen LogP contribution in [0.15, 0.2) is 42.9 Å². The van der Waals surface area contributed by atoms with Crippen LogP contribution in [0.3, 0.4) is 0 Å². The van der Waals surface area contributed by atoms with Gasteiger partial charge >= 0.3 is 0 Å². The fourth-order valence-corrected chi connectivity index (χ4v) is 6.84. The molecule has 1 aliphatic heterocycles. The molecule has 2 fully saturated rings. The number of aromatic nitrogens is 5. The molecule has 1 atom stereocenters. The number of carbonyl (C=O) groups is 1. The van der Waals surface area contributed by atoms with Gasteiger partial charge < -0.3 is 10.1 Å². The first kappa shape index (κ1) is 25.2. The lowest BCUT2D eigenvalue weighted by atomic mass is 9.89. The molecule has 0 bridgehead atoms. The molecule has 4 aromatic heterocycles. The van der Waals surface area contributed by atoms with E-state index in [9.17, 15) is 13.2 Å². The predicted octanol–water partition coefficient (Wildman–Crippen LogP) is 3.70. The molecule has 4 aromatic rings. The number of nitrogens with one attached hydrogen (secondary N) is 2. The van der Waals surface area contributed by atoms with Crippen molar-refractivity contribution in [3.05, 3.63) is 58.6 Å². The summed E-state index contributed by atoms with van der Waals surface area (Å²) in [4.78, 5) is 17.9. The van der Waals surface area contributed by atoms with Crippen molar-refractivity contribution >= 4 is 50.1 Å². The Kier molecular flexibility index (Phi) is 6.76. The van der Waals surface area contributed by atoms with Gasteiger partial charge in [-0.15, -0.1) is 10.2 Å². The number of halogens is 1. The maximum absolute atomic E-state index is 13.4. The van der Waals surface area contributed by atoms with Gasteiger partial charge in [0.15, 0.2) is 5.01 Å². The molecule has 1 saturated heterocycles. The summed E-state index contributed by atoms with van der Waals surface area (Å²) in [6.45, 7) is 1.15. The van der Waals surface area contributed by atoms with E-state index in [-0.39, 0.29) is 22.1 Å². The van der Waals surface area contributed by atoms with E-state index in [1.807, 2.05) is 0 Å². The van der Waals surface area contributed by atoms with Crippen molar-refractivity contribution in [3.8, 4) is 10.6 Å². The maximum Gasteiger partial charge on any atom is 0.282 e. The molecule has 1 saturated carbocycles. The molecule has 6 rings (SSSR count). The standard InChI is InChI=1S/C24H24ClN7O4S2/c25-15-4-8-32-20(11-15)18(13-27-32)23-29-30-24(37-23)22(33)28-21(14-5-9-36-10-6-14)19-12-16(3-7-26-19)31-38(34,35)17-1-2-17/h3-4,7-8,11-14,17,21H,1-2,5-6,9-10H2,(H,26,31)(H,28,33)/t21-/m0/s1. The zero-order valence-corrected chi connectivity index (χ0v) is 22.5. The first-order chi connectivity index (χ1) is 18.4. The van der Waals surface area contributed by atoms with Crippen molar-refractivity contribution in [2.45, 2.75) is 37.0 Å². The topological polar surface area (TPSA) is 140 Å². The monoisotopic (exact) mass is 573 g/mol. The minimum Gasteiger partial charge on any atom is -0.381 e. The second kappa shape index (κ2) is 10.2. The Morgan fingerprint density at radius 1 is 1.16 bits per heavy atom. The summed E-state index contributed by atoms with van der Waals surface area (Å²) in [5, 5.41) is 16.7. The molecule has 198 valence electrons. The molecule has 38 heavy (non-hydrogen) atoms. The summed E-state index contributed by atoms with van der Waals surface area (Å²) < 4.78 is 34.8. The molecule has 5 heterocycles. The minimum absolute atomic E-state index is 0.0599. The van der Waals surface area contributed by atoms with E-state index in [4.69, 9.17) is 16.3 Å². The van der Waals surface area contributed by atoms with E-state index in [0.717, 1.165) is 35.3 Å². The summed E-state index contributed by atoms with van der Waals surface area (Å²) in [7, 11) is -3.43. The predicted molar refractivity (Wildman–Crippen MR) is 143 cm³/mol. The molecule has 11 nitrogen and oxygen atoms in total. The molecule has 2 aliphatic rings. The van der Waals surface area contributed by atoms with E-state index in [1.54, 1.807) is 47.4 Å². The van der Waals surface area contributed by atoms with Crippen LogP contribution in [0, 0.1) is 5.92 Å². The second-order valence-electron chi connectivity index (χ2n) is 9.36. The van der Waals surface area contributed by atoms with Crippen LogP contribution in [0.5, 0.6) is 0 Å². The van der Waals surface area contributed by atoms with Crippen LogP contribution >= 0.6 is 22.9 Å². The highest BCUT2D eigenvalue weighted by atomic mass is 35.5. The van der Waals surface area contributed by atoms with Gasteiger partial charge in [0.05, 0.1) is 40.0 Å². The highest BCUT2D eigenvalue weighted by molar-refractivity contribution is 7.93. The van der Waals surface area contributed by atoms with Crippen molar-refractivity contribution in [1.29, 1.82) is 0 Å². The van der Waals surface area contributed by atoms with E-state index in [0.29, 0.717) is 47.5 Å². The largest absolute Gasteiger partial charge is 0.381 e. The third kappa shape index (κ3) is 5.23. The molecule has 0 aromatic carbocycles. The normalized spacial score (nSPS) is 17.4. The summed E-state index contributed by atoms with van der Waals surface area (Å²) in [6.07, 6.45) is 7.76. The van der Waals surface area contributed by atoms with E-state index in [1.165, 1.54) is 0 Å². The molecule has 14 heteroatoms. The van der Waals surface area contributed by atoms with Gasteiger partial charge in [0.25, 0.3) is 5.91 Å². The van der Waals surface area contributed by atoms with Crippen molar-refractivity contribution in [1.82, 2.24) is 30.1 Å². The summed E-state index contributed by atoms with van der Waals surface area (Å²) in [5.74, 6) is -0.324.